The van der Waals surface area contributed by atoms with Crippen LogP contribution in [0.2, 0.25) is 0 Å². The smallest absolute Gasteiger partial charge is 0.211 e. The summed E-state index contributed by atoms with van der Waals surface area (Å²) in [6.45, 7) is 0. The zero-order valence-electron chi connectivity index (χ0n) is 6.01. The summed E-state index contributed by atoms with van der Waals surface area (Å²) in [7, 11) is 0.0862. The van der Waals surface area contributed by atoms with Gasteiger partial charge in [-0.25, -0.2) is 8.42 Å². The van der Waals surface area contributed by atoms with Gasteiger partial charge in [-0.1, -0.05) is 0 Å². The van der Waals surface area contributed by atoms with Crippen molar-refractivity contribution < 1.29 is 21.6 Å². The van der Waals surface area contributed by atoms with Gasteiger partial charge in [0, 0.05) is 16.4 Å². The van der Waals surface area contributed by atoms with Crippen molar-refractivity contribution in [3.8, 4) is 0 Å². The molecule has 0 radical (unpaired) electrons. The third-order valence-electron chi connectivity index (χ3n) is 1.65. The molecule has 8 heteroatoms. The predicted molar refractivity (Wildman–Crippen MR) is 45.2 cm³/mol. The Labute approximate surface area is 81.6 Å². The van der Waals surface area contributed by atoms with Crippen LogP contribution in [0.15, 0.2) is 11.5 Å². The minimum Gasteiger partial charge on any atom is -0.211 e. The molecule has 0 aromatic carbocycles. The first-order valence-corrected chi connectivity index (χ1v) is 6.37. The zero-order valence-corrected chi connectivity index (χ0v) is 8.40. The Bertz CT molecular complexity index is 334. The molecular formula is C5H4ClF3O2S2. The molecule has 1 aliphatic rings. The lowest BCUT2D eigenvalue weighted by Gasteiger charge is -2.25. The monoisotopic (exact) mass is 252 g/mol. The van der Waals surface area contributed by atoms with Gasteiger partial charge >= 0.3 is 6.18 Å². The molecule has 76 valence electrons. The molecule has 0 amide bonds. The van der Waals surface area contributed by atoms with E-state index in [1.807, 2.05) is 0 Å². The van der Waals surface area contributed by atoms with Crippen molar-refractivity contribution in [2.24, 2.45) is 0 Å². The summed E-state index contributed by atoms with van der Waals surface area (Å²) >= 11 is 0.771. The van der Waals surface area contributed by atoms with E-state index in [4.69, 9.17) is 10.7 Å². The van der Waals surface area contributed by atoms with Crippen LogP contribution in [0.4, 0.5) is 13.2 Å². The third-order valence-corrected chi connectivity index (χ3v) is 4.99. The maximum absolute atomic E-state index is 12.4. The second-order valence-corrected chi connectivity index (χ2v) is 6.16. The van der Waals surface area contributed by atoms with Crippen molar-refractivity contribution in [2.45, 2.75) is 10.9 Å². The van der Waals surface area contributed by atoms with E-state index < -0.39 is 25.7 Å². The molecule has 1 atom stereocenters. The molecular weight excluding hydrogens is 249 g/mol. The van der Waals surface area contributed by atoms with E-state index in [0.29, 0.717) is 6.08 Å². The van der Waals surface area contributed by atoms with E-state index >= 15 is 0 Å². The maximum atomic E-state index is 12.4. The Hall–Kier alpha value is 0.120. The molecule has 1 rings (SSSR count). The van der Waals surface area contributed by atoms with Gasteiger partial charge in [0.15, 0.2) is 0 Å². The van der Waals surface area contributed by atoms with Gasteiger partial charge in [0.05, 0.1) is 0 Å². The van der Waals surface area contributed by atoms with Crippen molar-refractivity contribution in [3.05, 3.63) is 11.5 Å². The molecule has 1 unspecified atom stereocenters. The molecule has 0 aromatic rings. The second kappa shape index (κ2) is 3.06. The highest BCUT2D eigenvalue weighted by Gasteiger charge is 2.63. The number of alkyl halides is 3. The summed E-state index contributed by atoms with van der Waals surface area (Å²) in [4.78, 5) is 0. The Kier molecular flexibility index (Phi) is 2.64. The van der Waals surface area contributed by atoms with Crippen LogP contribution < -0.4 is 0 Å². The molecule has 0 N–H and O–H groups in total. The fourth-order valence-electron chi connectivity index (χ4n) is 0.844. The van der Waals surface area contributed by atoms with Gasteiger partial charge in [-0.3, -0.25) is 0 Å². The lowest BCUT2D eigenvalue weighted by atomic mass is 10.1. The van der Waals surface area contributed by atoms with Gasteiger partial charge < -0.3 is 0 Å². The molecule has 1 aliphatic heterocycles. The van der Waals surface area contributed by atoms with Crippen molar-refractivity contribution in [1.82, 2.24) is 0 Å². The fraction of sp³-hybridized carbons (Fsp3) is 0.600. The van der Waals surface area contributed by atoms with Crippen molar-refractivity contribution >= 4 is 31.5 Å². The van der Waals surface area contributed by atoms with Gasteiger partial charge in [0.2, 0.25) is 4.75 Å². The van der Waals surface area contributed by atoms with Crippen LogP contribution in [0.5, 0.6) is 0 Å². The quantitative estimate of drug-likeness (QED) is 0.671. The minimum absolute atomic E-state index is 0.583. The predicted octanol–water partition coefficient (Wildman–Crippen LogP) is 2.12. The standard InChI is InChI=1S/C5H4ClF3O2S2/c6-13(10,11)4(5(7,8)9)1-2-12-3-4/h1-2H,3H2. The molecule has 2 nitrogen and oxygen atoms in total. The molecule has 0 aromatic heterocycles. The van der Waals surface area contributed by atoms with E-state index in [-0.39, 0.29) is 0 Å². The van der Waals surface area contributed by atoms with Crippen LogP contribution in [0.1, 0.15) is 0 Å². The molecule has 0 saturated carbocycles. The van der Waals surface area contributed by atoms with Gasteiger partial charge in [-0.05, 0) is 11.5 Å². The largest absolute Gasteiger partial charge is 0.413 e. The highest BCUT2D eigenvalue weighted by Crippen LogP contribution is 2.46. The molecule has 0 bridgehead atoms. The highest BCUT2D eigenvalue weighted by atomic mass is 35.7. The Morgan fingerprint density at radius 2 is 2.00 bits per heavy atom. The summed E-state index contributed by atoms with van der Waals surface area (Å²) < 4.78 is 55.8. The molecule has 0 aliphatic carbocycles. The van der Waals surface area contributed by atoms with Crippen molar-refractivity contribution in [3.63, 3.8) is 0 Å². The molecule has 0 saturated heterocycles. The second-order valence-electron chi connectivity index (χ2n) is 2.44. The first-order valence-electron chi connectivity index (χ1n) is 3.01. The molecule has 0 fully saturated rings. The van der Waals surface area contributed by atoms with Crippen LogP contribution in [0, 0.1) is 0 Å². The van der Waals surface area contributed by atoms with Gasteiger partial charge in [-0.15, -0.1) is 11.8 Å². The average Bonchev–Trinajstić information content (AvgIpc) is 2.28. The summed E-state index contributed by atoms with van der Waals surface area (Å²) in [5, 5.41) is 1.09. The minimum atomic E-state index is -4.87. The van der Waals surface area contributed by atoms with Crippen molar-refractivity contribution in [2.75, 3.05) is 5.75 Å². The first kappa shape index (κ1) is 11.2. The fourth-order valence-corrected chi connectivity index (χ4v) is 3.95. The Balaban J connectivity index is 3.27. The molecule has 13 heavy (non-hydrogen) atoms. The number of hydrogen-bond acceptors (Lipinski definition) is 3. The zero-order chi connectivity index (χ0) is 10.3. The van der Waals surface area contributed by atoms with E-state index in [2.05, 4.69) is 0 Å². The topological polar surface area (TPSA) is 34.1 Å². The molecule has 0 spiro atoms. The van der Waals surface area contributed by atoms with Crippen LogP contribution in [0.25, 0.3) is 0 Å². The normalized spacial score (nSPS) is 29.5. The van der Waals surface area contributed by atoms with E-state index in [1.165, 1.54) is 0 Å². The Morgan fingerprint density at radius 1 is 1.46 bits per heavy atom. The van der Waals surface area contributed by atoms with E-state index in [9.17, 15) is 21.6 Å². The van der Waals surface area contributed by atoms with Crippen LogP contribution in [-0.2, 0) is 9.05 Å². The number of rotatable bonds is 1. The van der Waals surface area contributed by atoms with Crippen LogP contribution >= 0.6 is 22.4 Å². The van der Waals surface area contributed by atoms with E-state index in [0.717, 1.165) is 17.2 Å². The lowest BCUT2D eigenvalue weighted by Crippen LogP contribution is -2.48. The van der Waals surface area contributed by atoms with Crippen LogP contribution in [0.3, 0.4) is 0 Å². The summed E-state index contributed by atoms with van der Waals surface area (Å²) in [6.07, 6.45) is -4.28. The molecule has 1 heterocycles. The SMILES string of the molecule is O=S(=O)(Cl)C1(C(F)(F)F)C=CSC1. The number of thioether (sulfide) groups is 1. The maximum Gasteiger partial charge on any atom is 0.413 e. The summed E-state index contributed by atoms with van der Waals surface area (Å²) in [5.74, 6) is -0.609. The van der Waals surface area contributed by atoms with E-state index in [1.54, 1.807) is 0 Å². The average molecular weight is 253 g/mol. The highest BCUT2D eigenvalue weighted by molar-refractivity contribution is 8.16. The van der Waals surface area contributed by atoms with Crippen molar-refractivity contribution in [1.29, 1.82) is 0 Å². The van der Waals surface area contributed by atoms with Gasteiger partial charge in [-0.2, -0.15) is 13.2 Å². The number of halogens is 4. The van der Waals surface area contributed by atoms with Crippen LogP contribution in [-0.4, -0.2) is 25.1 Å². The first-order chi connectivity index (χ1) is 5.71. The van der Waals surface area contributed by atoms with Gasteiger partial charge in [0.1, 0.15) is 0 Å². The Morgan fingerprint density at radius 3 is 2.15 bits per heavy atom. The summed E-state index contributed by atoms with van der Waals surface area (Å²) in [5.41, 5.74) is 0. The lowest BCUT2D eigenvalue weighted by molar-refractivity contribution is -0.143. The number of hydrogen-bond donors (Lipinski definition) is 0. The third kappa shape index (κ3) is 1.69. The summed E-state index contributed by atoms with van der Waals surface area (Å²) in [6, 6.07) is 0. The van der Waals surface area contributed by atoms with Gasteiger partial charge in [0.25, 0.3) is 9.05 Å².